The van der Waals surface area contributed by atoms with Gasteiger partial charge in [0.25, 0.3) is 0 Å². The van der Waals surface area contributed by atoms with Crippen LogP contribution in [0.4, 0.5) is 0 Å². The van der Waals surface area contributed by atoms with Gasteiger partial charge in [0.2, 0.25) is 0 Å². The van der Waals surface area contributed by atoms with Gasteiger partial charge in [-0.2, -0.15) is 17.3 Å². The van der Waals surface area contributed by atoms with Crippen molar-refractivity contribution in [2.24, 2.45) is 0 Å². The number of phenolic OH excluding ortho intramolecular Hbond substituents is 1. The Labute approximate surface area is 208 Å². The molecule has 0 fully saturated rings. The van der Waals surface area contributed by atoms with Crippen molar-refractivity contribution in [2.75, 3.05) is 0 Å². The molecular formula is C25H33Cl2OSiTi-. The van der Waals surface area contributed by atoms with Gasteiger partial charge in [0.15, 0.2) is 0 Å². The van der Waals surface area contributed by atoms with Crippen LogP contribution in [0.3, 0.4) is 0 Å². The third-order valence-electron chi connectivity index (χ3n) is 4.44. The fraction of sp³-hybridized carbons (Fsp3) is 0.280. The summed E-state index contributed by atoms with van der Waals surface area (Å²) in [5.41, 5.74) is 3.20. The predicted octanol–water partition coefficient (Wildman–Crippen LogP) is 0.281. The second-order valence-electron chi connectivity index (χ2n) is 8.74. The molecule has 1 nitrogen and oxygen atoms in total. The molecule has 0 bridgehead atoms. The van der Waals surface area contributed by atoms with Crippen molar-refractivity contribution in [2.45, 2.75) is 45.8 Å². The molecule has 5 heteroatoms. The second kappa shape index (κ2) is 14.1. The van der Waals surface area contributed by atoms with E-state index in [1.165, 1.54) is 5.56 Å². The predicted molar refractivity (Wildman–Crippen MR) is 124 cm³/mol. The van der Waals surface area contributed by atoms with Gasteiger partial charge in [0.05, 0.1) is 0 Å². The molecule has 30 heavy (non-hydrogen) atoms. The molecule has 0 radical (unpaired) electrons. The van der Waals surface area contributed by atoms with E-state index in [1.807, 2.05) is 36.4 Å². The summed E-state index contributed by atoms with van der Waals surface area (Å²) in [7, 11) is -0.981. The molecule has 0 unspecified atom stereocenters. The summed E-state index contributed by atoms with van der Waals surface area (Å²) in [4.78, 5) is 3.25. The number of halogens is 2. The zero-order valence-corrected chi connectivity index (χ0v) is 22.9. The van der Waals surface area contributed by atoms with Crippen LogP contribution in [0.1, 0.15) is 26.3 Å². The normalized spacial score (nSPS) is 10.3. The van der Waals surface area contributed by atoms with Crippen molar-refractivity contribution in [3.8, 4) is 16.9 Å². The quantitative estimate of drug-likeness (QED) is 0.400. The minimum Gasteiger partial charge on any atom is -1.00 e. The van der Waals surface area contributed by atoms with Gasteiger partial charge in [-0.15, -0.1) is 0 Å². The molecule has 0 aliphatic rings. The molecule has 0 heterocycles. The molecule has 3 aromatic rings. The van der Waals surface area contributed by atoms with Gasteiger partial charge in [0.1, 0.15) is 5.75 Å². The molecule has 3 aromatic carbocycles. The summed E-state index contributed by atoms with van der Waals surface area (Å²) >= 11 is 1.75. The van der Waals surface area contributed by atoms with E-state index in [1.54, 1.807) is 31.2 Å². The van der Waals surface area contributed by atoms with E-state index in [2.05, 4.69) is 75.6 Å². The van der Waals surface area contributed by atoms with Gasteiger partial charge >= 0.3 is 24.8 Å². The first-order valence-electron chi connectivity index (χ1n) is 9.56. The number of aromatic hydroxyl groups is 1. The molecule has 0 atom stereocenters. The fourth-order valence-corrected chi connectivity index (χ4v) is 4.14. The molecule has 0 amide bonds. The molecule has 0 aliphatic heterocycles. The molecule has 3 rings (SSSR count). The van der Waals surface area contributed by atoms with E-state index in [0.717, 1.165) is 11.1 Å². The van der Waals surface area contributed by atoms with Crippen LogP contribution in [-0.4, -0.2) is 18.0 Å². The minimum absolute atomic E-state index is 0. The van der Waals surface area contributed by atoms with Crippen LogP contribution in [0.25, 0.3) is 11.1 Å². The monoisotopic (exact) mass is 495 g/mol. The van der Waals surface area contributed by atoms with Crippen molar-refractivity contribution in [1.82, 2.24) is 0 Å². The first kappa shape index (κ1) is 31.2. The number of hydrogen-bond donors (Lipinski definition) is 1. The summed E-state index contributed by atoms with van der Waals surface area (Å²) in [6.45, 7) is 13.6. The summed E-state index contributed by atoms with van der Waals surface area (Å²) in [5, 5.41) is 11.7. The van der Waals surface area contributed by atoms with Crippen molar-refractivity contribution >= 4 is 18.1 Å². The van der Waals surface area contributed by atoms with Crippen molar-refractivity contribution in [1.29, 1.82) is 0 Å². The van der Waals surface area contributed by atoms with Crippen LogP contribution in [0.2, 0.25) is 19.6 Å². The maximum absolute atomic E-state index is 10.1. The fourth-order valence-electron chi connectivity index (χ4n) is 2.95. The second-order valence-corrected chi connectivity index (χ2v) is 13.8. The average molecular weight is 496 g/mol. The standard InChI is InChI=1S/C16H18O.C8H13Si.CH2.2ClH.Ti/c1-16(2,3)13-10-7-11-14(17)15(13)12-8-5-4-6-9-12;1-9(2,3)8-6-4-5-7-8;;;;/h4-11,17H,1-3H3;4-7H,1-3H3;1H2;2*1H;/q;-1;;;;+2/p-2. The summed E-state index contributed by atoms with van der Waals surface area (Å²) in [5.74, 6) is 0.351. The third kappa shape index (κ3) is 9.41. The molecule has 0 spiro atoms. The Morgan fingerprint density at radius 3 is 1.70 bits per heavy atom. The summed E-state index contributed by atoms with van der Waals surface area (Å²) in [6, 6.07) is 24.5. The maximum atomic E-state index is 10.1. The van der Waals surface area contributed by atoms with E-state index in [4.69, 9.17) is 0 Å². The van der Waals surface area contributed by atoms with Crippen LogP contribution >= 0.6 is 0 Å². The zero-order chi connectivity index (χ0) is 21.4. The van der Waals surface area contributed by atoms with Crippen molar-refractivity contribution in [3.05, 3.63) is 78.4 Å². The van der Waals surface area contributed by atoms with Gasteiger partial charge in [-0.3, -0.25) is 0 Å². The van der Waals surface area contributed by atoms with E-state index < -0.39 is 8.07 Å². The summed E-state index contributed by atoms with van der Waals surface area (Å²) in [6.07, 6.45) is 0. The zero-order valence-electron chi connectivity index (χ0n) is 18.8. The number of benzene rings is 2. The van der Waals surface area contributed by atoms with Crippen LogP contribution in [0.5, 0.6) is 5.75 Å². The topological polar surface area (TPSA) is 20.2 Å². The van der Waals surface area contributed by atoms with E-state index in [0.29, 0.717) is 5.75 Å². The van der Waals surface area contributed by atoms with Gasteiger partial charge in [-0.25, -0.2) is 12.1 Å². The minimum atomic E-state index is -0.981. The number of rotatable bonds is 2. The molecular weight excluding hydrogens is 463 g/mol. The molecule has 0 aromatic heterocycles. The maximum Gasteiger partial charge on any atom is -1.00 e. The molecule has 162 valence electrons. The van der Waals surface area contributed by atoms with Gasteiger partial charge < -0.3 is 29.9 Å². The van der Waals surface area contributed by atoms with E-state index in [-0.39, 0.29) is 30.2 Å². The SMILES string of the molecule is CC(C)(C)c1cccc(O)c1-c1ccccc1.C[Si](C)(C)[c-]1cccc1.[CH2]=[Ti+2].[Cl-].[Cl-]. The van der Waals surface area contributed by atoms with Gasteiger partial charge in [-0.1, -0.05) is 82.9 Å². The Hall–Kier alpha value is -1.03. The smallest absolute Gasteiger partial charge is 1.00 e. The van der Waals surface area contributed by atoms with Crippen molar-refractivity contribution < 1.29 is 49.9 Å². The average Bonchev–Trinajstić information content (AvgIpc) is 3.19. The van der Waals surface area contributed by atoms with E-state index >= 15 is 0 Å². The van der Waals surface area contributed by atoms with E-state index in [9.17, 15) is 5.11 Å². The molecule has 0 aliphatic carbocycles. The van der Waals surface area contributed by atoms with Crippen LogP contribution in [0, 0.1) is 0 Å². The summed E-state index contributed by atoms with van der Waals surface area (Å²) < 4.78 is 0. The largest absolute Gasteiger partial charge is 1.00 e. The Morgan fingerprint density at radius 2 is 1.30 bits per heavy atom. The Bertz CT molecular complexity index is 836. The first-order valence-corrected chi connectivity index (χ1v) is 14.2. The van der Waals surface area contributed by atoms with Crippen LogP contribution < -0.4 is 30.0 Å². The molecule has 0 saturated carbocycles. The first-order chi connectivity index (χ1) is 13.1. The third-order valence-corrected chi connectivity index (χ3v) is 6.51. The number of hydrogen-bond acceptors (Lipinski definition) is 1. The van der Waals surface area contributed by atoms with Crippen molar-refractivity contribution in [3.63, 3.8) is 0 Å². The molecule has 1 N–H and O–H groups in total. The Kier molecular flexibility index (Phi) is 14.7. The van der Waals surface area contributed by atoms with Crippen LogP contribution in [0.15, 0.2) is 72.8 Å². The number of phenols is 1. The van der Waals surface area contributed by atoms with Crippen LogP contribution in [-0.2, 0) is 25.4 Å². The van der Waals surface area contributed by atoms with Gasteiger partial charge in [-0.05, 0) is 22.6 Å². The Morgan fingerprint density at radius 1 is 0.800 bits per heavy atom. The van der Waals surface area contributed by atoms with Gasteiger partial charge in [0, 0.05) is 13.6 Å². The Balaban J connectivity index is 0. The molecule has 0 saturated heterocycles.